The van der Waals surface area contributed by atoms with E-state index in [1.807, 2.05) is 0 Å². The molecule has 0 amide bonds. The van der Waals surface area contributed by atoms with Crippen molar-refractivity contribution in [3.05, 3.63) is 16.3 Å². The summed E-state index contributed by atoms with van der Waals surface area (Å²) < 4.78 is 1.54. The molecule has 0 saturated carbocycles. The van der Waals surface area contributed by atoms with E-state index in [0.717, 1.165) is 25.9 Å². The minimum Gasteiger partial charge on any atom is -0.293 e. The molecule has 1 fully saturated rings. The molecule has 6 nitrogen and oxygen atoms in total. The van der Waals surface area contributed by atoms with Gasteiger partial charge in [0.2, 0.25) is 0 Å². The van der Waals surface area contributed by atoms with Crippen LogP contribution in [0.25, 0.3) is 0 Å². The number of aryl methyl sites for hydroxylation is 1. The maximum Gasteiger partial charge on any atom is 0.343 e. The number of aromatic amines is 1. The highest BCUT2D eigenvalue weighted by atomic mass is 16.2. The SMILES string of the molecule is Cc1nn(C2CCN(N)CC2)c(=O)[nH]1. The summed E-state index contributed by atoms with van der Waals surface area (Å²) in [5.41, 5.74) is -0.113. The molecule has 0 aliphatic carbocycles. The van der Waals surface area contributed by atoms with E-state index >= 15 is 0 Å². The van der Waals surface area contributed by atoms with Gasteiger partial charge in [0.15, 0.2) is 0 Å². The molecule has 3 N–H and O–H groups in total. The zero-order valence-corrected chi connectivity index (χ0v) is 8.23. The fraction of sp³-hybridized carbons (Fsp3) is 0.750. The molecule has 0 radical (unpaired) electrons. The summed E-state index contributed by atoms with van der Waals surface area (Å²) in [5, 5.41) is 5.93. The Labute approximate surface area is 81.7 Å². The van der Waals surface area contributed by atoms with Gasteiger partial charge in [-0.05, 0) is 19.8 Å². The second-order valence-corrected chi connectivity index (χ2v) is 3.73. The largest absolute Gasteiger partial charge is 0.343 e. The van der Waals surface area contributed by atoms with E-state index in [-0.39, 0.29) is 11.7 Å². The van der Waals surface area contributed by atoms with Gasteiger partial charge in [-0.15, -0.1) is 0 Å². The van der Waals surface area contributed by atoms with Crippen LogP contribution >= 0.6 is 0 Å². The summed E-state index contributed by atoms with van der Waals surface area (Å²) in [5.74, 6) is 6.31. The van der Waals surface area contributed by atoms with E-state index in [1.54, 1.807) is 16.6 Å². The van der Waals surface area contributed by atoms with Gasteiger partial charge in [0.1, 0.15) is 5.82 Å². The normalized spacial score (nSPS) is 20.1. The summed E-state index contributed by atoms with van der Waals surface area (Å²) in [7, 11) is 0. The van der Waals surface area contributed by atoms with Crippen LogP contribution in [0.15, 0.2) is 4.79 Å². The van der Waals surface area contributed by atoms with Crippen molar-refractivity contribution in [2.45, 2.75) is 25.8 Å². The zero-order valence-electron chi connectivity index (χ0n) is 8.23. The number of H-pyrrole nitrogens is 1. The fourth-order valence-electron chi connectivity index (χ4n) is 1.82. The molecule has 1 aliphatic heterocycles. The zero-order chi connectivity index (χ0) is 10.1. The third-order valence-electron chi connectivity index (χ3n) is 2.60. The van der Waals surface area contributed by atoms with E-state index in [9.17, 15) is 4.79 Å². The highest BCUT2D eigenvalue weighted by molar-refractivity contribution is 4.82. The van der Waals surface area contributed by atoms with Crippen molar-refractivity contribution in [3.63, 3.8) is 0 Å². The van der Waals surface area contributed by atoms with Gasteiger partial charge in [-0.1, -0.05) is 0 Å². The summed E-state index contributed by atoms with van der Waals surface area (Å²) in [6.45, 7) is 3.43. The summed E-state index contributed by atoms with van der Waals surface area (Å²) >= 11 is 0. The lowest BCUT2D eigenvalue weighted by atomic mass is 10.1. The van der Waals surface area contributed by atoms with Crippen LogP contribution in [0.4, 0.5) is 0 Å². The molecule has 2 rings (SSSR count). The van der Waals surface area contributed by atoms with Crippen LogP contribution in [0, 0.1) is 6.92 Å². The Morgan fingerprint density at radius 3 is 2.64 bits per heavy atom. The molecule has 2 heterocycles. The highest BCUT2D eigenvalue weighted by Gasteiger charge is 2.21. The number of nitrogens with one attached hydrogen (secondary N) is 1. The summed E-state index contributed by atoms with van der Waals surface area (Å²) in [6.07, 6.45) is 1.78. The maximum absolute atomic E-state index is 11.4. The minimum absolute atomic E-state index is 0.113. The first-order valence-corrected chi connectivity index (χ1v) is 4.82. The number of hydrazine groups is 1. The Balaban J connectivity index is 2.16. The Kier molecular flexibility index (Phi) is 2.39. The first-order chi connectivity index (χ1) is 6.66. The lowest BCUT2D eigenvalue weighted by Crippen LogP contribution is -2.41. The van der Waals surface area contributed by atoms with Gasteiger partial charge in [-0.2, -0.15) is 5.10 Å². The molecule has 1 saturated heterocycles. The van der Waals surface area contributed by atoms with E-state index in [0.29, 0.717) is 5.82 Å². The van der Waals surface area contributed by atoms with Gasteiger partial charge in [0.05, 0.1) is 6.04 Å². The summed E-state index contributed by atoms with van der Waals surface area (Å²) in [4.78, 5) is 14.1. The van der Waals surface area contributed by atoms with Crippen LogP contribution in [0.1, 0.15) is 24.7 Å². The number of rotatable bonds is 1. The van der Waals surface area contributed by atoms with Crippen LogP contribution in [0.2, 0.25) is 0 Å². The molecule has 1 aromatic rings. The number of nitrogens with two attached hydrogens (primary N) is 1. The molecule has 78 valence electrons. The lowest BCUT2D eigenvalue weighted by Gasteiger charge is -2.27. The van der Waals surface area contributed by atoms with Gasteiger partial charge in [-0.3, -0.25) is 10.8 Å². The molecule has 0 unspecified atom stereocenters. The Morgan fingerprint density at radius 2 is 2.14 bits per heavy atom. The monoisotopic (exact) mass is 197 g/mol. The molecule has 0 aromatic carbocycles. The van der Waals surface area contributed by atoms with Crippen LogP contribution in [-0.2, 0) is 0 Å². The van der Waals surface area contributed by atoms with Gasteiger partial charge in [0, 0.05) is 13.1 Å². The maximum atomic E-state index is 11.4. The van der Waals surface area contributed by atoms with Crippen LogP contribution in [0.3, 0.4) is 0 Å². The van der Waals surface area contributed by atoms with Crippen molar-refractivity contribution in [2.24, 2.45) is 5.84 Å². The number of hydrogen-bond acceptors (Lipinski definition) is 4. The number of nitrogens with zero attached hydrogens (tertiary/aromatic N) is 3. The van der Waals surface area contributed by atoms with Crippen molar-refractivity contribution in [1.29, 1.82) is 0 Å². The quantitative estimate of drug-likeness (QED) is 0.589. The van der Waals surface area contributed by atoms with E-state index in [1.165, 1.54) is 0 Å². The fourth-order valence-corrected chi connectivity index (χ4v) is 1.82. The number of hydrogen-bond donors (Lipinski definition) is 2. The lowest BCUT2D eigenvalue weighted by molar-refractivity contribution is 0.181. The Morgan fingerprint density at radius 1 is 1.50 bits per heavy atom. The molecular formula is C8H15N5O. The van der Waals surface area contributed by atoms with E-state index in [2.05, 4.69) is 10.1 Å². The molecule has 6 heteroatoms. The van der Waals surface area contributed by atoms with Gasteiger partial charge < -0.3 is 0 Å². The molecular weight excluding hydrogens is 182 g/mol. The van der Waals surface area contributed by atoms with Gasteiger partial charge in [-0.25, -0.2) is 14.5 Å². The van der Waals surface area contributed by atoms with Crippen LogP contribution < -0.4 is 11.5 Å². The Bertz CT molecular complexity index is 360. The van der Waals surface area contributed by atoms with E-state index in [4.69, 9.17) is 5.84 Å². The first-order valence-electron chi connectivity index (χ1n) is 4.82. The minimum atomic E-state index is -0.113. The van der Waals surface area contributed by atoms with Crippen molar-refractivity contribution in [3.8, 4) is 0 Å². The smallest absolute Gasteiger partial charge is 0.293 e. The average molecular weight is 197 g/mol. The second-order valence-electron chi connectivity index (χ2n) is 3.73. The molecule has 0 atom stereocenters. The van der Waals surface area contributed by atoms with Gasteiger partial charge in [0.25, 0.3) is 0 Å². The summed E-state index contributed by atoms with van der Waals surface area (Å²) in [6, 6.07) is 0.201. The van der Waals surface area contributed by atoms with Crippen LogP contribution in [-0.4, -0.2) is 32.9 Å². The molecule has 1 aromatic heterocycles. The van der Waals surface area contributed by atoms with Crippen LogP contribution in [0.5, 0.6) is 0 Å². The Hall–Kier alpha value is -1.14. The van der Waals surface area contributed by atoms with E-state index < -0.39 is 0 Å². The average Bonchev–Trinajstić information content (AvgIpc) is 2.47. The van der Waals surface area contributed by atoms with Crippen molar-refractivity contribution < 1.29 is 0 Å². The predicted octanol–water partition coefficient (Wildman–Crippen LogP) is -0.610. The standard InChI is InChI=1S/C8H15N5O/c1-6-10-8(14)13(11-6)7-2-4-12(9)5-3-7/h7H,2-5,9H2,1H3,(H,10,11,14). The van der Waals surface area contributed by atoms with Crippen molar-refractivity contribution in [2.75, 3.05) is 13.1 Å². The molecule has 0 bridgehead atoms. The topological polar surface area (TPSA) is 79.9 Å². The van der Waals surface area contributed by atoms with Crippen molar-refractivity contribution in [1.82, 2.24) is 19.8 Å². The molecule has 0 spiro atoms. The molecule has 14 heavy (non-hydrogen) atoms. The number of aromatic nitrogens is 3. The predicted molar refractivity (Wildman–Crippen MR) is 51.6 cm³/mol. The highest BCUT2D eigenvalue weighted by Crippen LogP contribution is 2.17. The number of piperidine rings is 1. The van der Waals surface area contributed by atoms with Gasteiger partial charge >= 0.3 is 5.69 Å². The van der Waals surface area contributed by atoms with Crippen molar-refractivity contribution >= 4 is 0 Å². The first kappa shape index (κ1) is 9.42. The second kappa shape index (κ2) is 3.55. The third-order valence-corrected chi connectivity index (χ3v) is 2.60. The molecule has 1 aliphatic rings. The third kappa shape index (κ3) is 1.71.